The number of carbonyl (C=O) groups excluding carboxylic acids is 1. The monoisotopic (exact) mass is 270 g/mol. The van der Waals surface area contributed by atoms with Crippen molar-refractivity contribution in [3.63, 3.8) is 0 Å². The van der Waals surface area contributed by atoms with Crippen LogP contribution in [0.15, 0.2) is 42.5 Å². The smallest absolute Gasteiger partial charge is 0.274 e. The summed E-state index contributed by atoms with van der Waals surface area (Å²) in [5.41, 5.74) is 1.87. The van der Waals surface area contributed by atoms with Crippen LogP contribution in [0.2, 0.25) is 0 Å². The number of ether oxygens (including phenoxy) is 1. The number of para-hydroxylation sites is 2. The number of nitrogens with zero attached hydrogens (tertiary/aromatic N) is 1. The second kappa shape index (κ2) is 6.70. The maximum absolute atomic E-state index is 12.2. The van der Waals surface area contributed by atoms with Crippen LogP contribution >= 0.6 is 0 Å². The molecule has 0 unspecified atom stereocenters. The molecule has 1 heterocycles. The molecular formula is C16H18N2O2. The van der Waals surface area contributed by atoms with Gasteiger partial charge in [-0.1, -0.05) is 25.1 Å². The van der Waals surface area contributed by atoms with Gasteiger partial charge in [0.05, 0.1) is 12.3 Å². The van der Waals surface area contributed by atoms with Gasteiger partial charge >= 0.3 is 0 Å². The third-order valence-corrected chi connectivity index (χ3v) is 2.72. The van der Waals surface area contributed by atoms with Crippen molar-refractivity contribution >= 4 is 11.6 Å². The van der Waals surface area contributed by atoms with E-state index in [0.717, 1.165) is 12.1 Å². The molecular weight excluding hydrogens is 252 g/mol. The molecule has 2 rings (SSSR count). The summed E-state index contributed by atoms with van der Waals surface area (Å²) < 4.78 is 5.61. The van der Waals surface area contributed by atoms with Crippen molar-refractivity contribution in [3.05, 3.63) is 53.9 Å². The van der Waals surface area contributed by atoms with Crippen LogP contribution < -0.4 is 10.1 Å². The number of pyridine rings is 1. The second-order valence-corrected chi connectivity index (χ2v) is 4.46. The normalized spacial score (nSPS) is 10.1. The van der Waals surface area contributed by atoms with Gasteiger partial charge in [0.1, 0.15) is 11.4 Å². The summed E-state index contributed by atoms with van der Waals surface area (Å²) in [6.07, 6.45) is 0.918. The molecule has 1 amide bonds. The molecule has 104 valence electrons. The number of nitrogens with one attached hydrogen (secondary N) is 1. The molecule has 0 fully saturated rings. The van der Waals surface area contributed by atoms with E-state index in [1.54, 1.807) is 6.07 Å². The first-order chi connectivity index (χ1) is 9.70. The summed E-state index contributed by atoms with van der Waals surface area (Å²) in [5.74, 6) is 0.441. The first-order valence-corrected chi connectivity index (χ1v) is 6.67. The van der Waals surface area contributed by atoms with E-state index in [-0.39, 0.29) is 5.91 Å². The average molecular weight is 270 g/mol. The minimum Gasteiger partial charge on any atom is -0.491 e. The molecule has 0 spiro atoms. The highest BCUT2D eigenvalue weighted by Gasteiger charge is 2.10. The molecule has 0 aliphatic carbocycles. The molecule has 1 aromatic heterocycles. The van der Waals surface area contributed by atoms with Gasteiger partial charge in [-0.2, -0.15) is 0 Å². The van der Waals surface area contributed by atoms with Crippen molar-refractivity contribution in [1.82, 2.24) is 4.98 Å². The van der Waals surface area contributed by atoms with E-state index in [2.05, 4.69) is 10.3 Å². The molecule has 0 aliphatic rings. The molecule has 2 aromatic rings. The van der Waals surface area contributed by atoms with Crippen LogP contribution in [0.3, 0.4) is 0 Å². The van der Waals surface area contributed by atoms with Gasteiger partial charge in [-0.05, 0) is 37.6 Å². The minimum absolute atomic E-state index is 0.235. The lowest BCUT2D eigenvalue weighted by atomic mass is 10.2. The Morgan fingerprint density at radius 2 is 2.00 bits per heavy atom. The lowest BCUT2D eigenvalue weighted by molar-refractivity contribution is 0.102. The van der Waals surface area contributed by atoms with Crippen molar-refractivity contribution in [2.24, 2.45) is 0 Å². The van der Waals surface area contributed by atoms with Crippen molar-refractivity contribution in [2.45, 2.75) is 20.3 Å². The Morgan fingerprint density at radius 1 is 1.20 bits per heavy atom. The van der Waals surface area contributed by atoms with Crippen LogP contribution in [-0.4, -0.2) is 17.5 Å². The number of aromatic nitrogens is 1. The highest BCUT2D eigenvalue weighted by molar-refractivity contribution is 6.03. The number of amides is 1. The Morgan fingerprint density at radius 3 is 2.75 bits per heavy atom. The van der Waals surface area contributed by atoms with Crippen LogP contribution in [0.5, 0.6) is 5.75 Å². The molecule has 0 saturated heterocycles. The molecule has 0 aliphatic heterocycles. The van der Waals surface area contributed by atoms with Crippen molar-refractivity contribution in [1.29, 1.82) is 0 Å². The van der Waals surface area contributed by atoms with Crippen LogP contribution in [-0.2, 0) is 0 Å². The summed E-state index contributed by atoms with van der Waals surface area (Å²) in [5, 5.41) is 2.84. The standard InChI is InChI=1S/C16H18N2O2/c1-3-11-20-15-10-5-4-8-13(15)18-16(19)14-9-6-7-12(2)17-14/h4-10H,3,11H2,1-2H3,(H,18,19). The molecule has 0 atom stereocenters. The van der Waals surface area contributed by atoms with Crippen LogP contribution in [0.1, 0.15) is 29.5 Å². The number of rotatable bonds is 5. The van der Waals surface area contributed by atoms with Crippen LogP contribution in [0.4, 0.5) is 5.69 Å². The quantitative estimate of drug-likeness (QED) is 0.905. The topological polar surface area (TPSA) is 51.2 Å². The molecule has 0 bridgehead atoms. The fourth-order valence-corrected chi connectivity index (χ4v) is 1.76. The van der Waals surface area contributed by atoms with E-state index in [4.69, 9.17) is 4.74 Å². The zero-order valence-electron chi connectivity index (χ0n) is 11.7. The minimum atomic E-state index is -0.235. The molecule has 4 heteroatoms. The number of hydrogen-bond acceptors (Lipinski definition) is 3. The van der Waals surface area contributed by atoms with E-state index < -0.39 is 0 Å². The third-order valence-electron chi connectivity index (χ3n) is 2.72. The molecule has 1 aromatic carbocycles. The molecule has 4 nitrogen and oxygen atoms in total. The Bertz CT molecular complexity index is 597. The first-order valence-electron chi connectivity index (χ1n) is 6.67. The lowest BCUT2D eigenvalue weighted by Gasteiger charge is -2.11. The summed E-state index contributed by atoms with van der Waals surface area (Å²) >= 11 is 0. The lowest BCUT2D eigenvalue weighted by Crippen LogP contribution is -2.14. The molecule has 1 N–H and O–H groups in total. The van der Waals surface area contributed by atoms with Gasteiger partial charge in [0.15, 0.2) is 0 Å². The van der Waals surface area contributed by atoms with Gasteiger partial charge in [0, 0.05) is 5.69 Å². The highest BCUT2D eigenvalue weighted by atomic mass is 16.5. The van der Waals surface area contributed by atoms with E-state index in [1.165, 1.54) is 0 Å². The van der Waals surface area contributed by atoms with Gasteiger partial charge < -0.3 is 10.1 Å². The van der Waals surface area contributed by atoms with Crippen LogP contribution in [0, 0.1) is 6.92 Å². The highest BCUT2D eigenvalue weighted by Crippen LogP contribution is 2.24. The van der Waals surface area contributed by atoms with Crippen molar-refractivity contribution in [3.8, 4) is 5.75 Å². The Hall–Kier alpha value is -2.36. The Labute approximate surface area is 118 Å². The first kappa shape index (κ1) is 14.1. The summed E-state index contributed by atoms with van der Waals surface area (Å²) in [7, 11) is 0. The number of hydrogen-bond donors (Lipinski definition) is 1. The Kier molecular flexibility index (Phi) is 4.71. The number of carbonyl (C=O) groups is 1. The third kappa shape index (κ3) is 3.57. The largest absolute Gasteiger partial charge is 0.491 e. The van der Waals surface area contributed by atoms with Gasteiger partial charge in [0.25, 0.3) is 5.91 Å². The zero-order valence-corrected chi connectivity index (χ0v) is 11.7. The zero-order chi connectivity index (χ0) is 14.4. The van der Waals surface area contributed by atoms with Crippen molar-refractivity contribution < 1.29 is 9.53 Å². The van der Waals surface area contributed by atoms with Gasteiger partial charge in [-0.15, -0.1) is 0 Å². The molecule has 0 radical (unpaired) electrons. The molecule has 20 heavy (non-hydrogen) atoms. The van der Waals surface area contributed by atoms with E-state index in [1.807, 2.05) is 50.2 Å². The van der Waals surface area contributed by atoms with Gasteiger partial charge in [0.2, 0.25) is 0 Å². The SMILES string of the molecule is CCCOc1ccccc1NC(=O)c1cccc(C)n1. The predicted octanol–water partition coefficient (Wildman–Crippen LogP) is 3.43. The summed E-state index contributed by atoms with van der Waals surface area (Å²) in [6.45, 7) is 4.52. The summed E-state index contributed by atoms with van der Waals surface area (Å²) in [4.78, 5) is 16.4. The summed E-state index contributed by atoms with van der Waals surface area (Å²) in [6, 6.07) is 12.8. The van der Waals surface area contributed by atoms with E-state index >= 15 is 0 Å². The predicted molar refractivity (Wildman–Crippen MR) is 79.2 cm³/mol. The average Bonchev–Trinajstić information content (AvgIpc) is 2.46. The van der Waals surface area contributed by atoms with E-state index in [0.29, 0.717) is 23.7 Å². The van der Waals surface area contributed by atoms with E-state index in [9.17, 15) is 4.79 Å². The van der Waals surface area contributed by atoms with Crippen molar-refractivity contribution in [2.75, 3.05) is 11.9 Å². The number of anilines is 1. The maximum atomic E-state index is 12.2. The number of aryl methyl sites for hydroxylation is 1. The Balaban J connectivity index is 2.15. The van der Waals surface area contributed by atoms with Crippen LogP contribution in [0.25, 0.3) is 0 Å². The maximum Gasteiger partial charge on any atom is 0.274 e. The van der Waals surface area contributed by atoms with Gasteiger partial charge in [-0.25, -0.2) is 4.98 Å². The second-order valence-electron chi connectivity index (χ2n) is 4.46. The number of benzene rings is 1. The molecule has 0 saturated carbocycles. The van der Waals surface area contributed by atoms with Gasteiger partial charge in [-0.3, -0.25) is 4.79 Å². The fourth-order valence-electron chi connectivity index (χ4n) is 1.76. The fraction of sp³-hybridized carbons (Fsp3) is 0.250.